The second-order valence-electron chi connectivity index (χ2n) is 5.25. The molecule has 2 amide bonds. The van der Waals surface area contributed by atoms with Crippen molar-refractivity contribution in [1.82, 2.24) is 10.2 Å². The third kappa shape index (κ3) is 3.82. The average molecular weight is 254 g/mol. The molecule has 0 aromatic carbocycles. The molecule has 1 fully saturated rings. The van der Waals surface area contributed by atoms with Crippen LogP contribution in [-0.2, 0) is 14.4 Å². The number of aldehydes is 1. The fourth-order valence-corrected chi connectivity index (χ4v) is 2.35. The van der Waals surface area contributed by atoms with Gasteiger partial charge in [0, 0.05) is 13.5 Å². The van der Waals surface area contributed by atoms with Crippen molar-refractivity contribution in [3.63, 3.8) is 0 Å². The van der Waals surface area contributed by atoms with Gasteiger partial charge in [-0.25, -0.2) is 0 Å². The van der Waals surface area contributed by atoms with E-state index in [0.717, 1.165) is 12.7 Å². The molecule has 2 atom stereocenters. The summed E-state index contributed by atoms with van der Waals surface area (Å²) < 4.78 is 0. The number of likely N-dealkylation sites (tertiary alicyclic amines) is 1. The van der Waals surface area contributed by atoms with Gasteiger partial charge in [-0.15, -0.1) is 0 Å². The van der Waals surface area contributed by atoms with Crippen LogP contribution in [0.15, 0.2) is 0 Å². The Morgan fingerprint density at radius 1 is 1.44 bits per heavy atom. The van der Waals surface area contributed by atoms with Crippen LogP contribution in [0.2, 0.25) is 0 Å². The molecular weight excluding hydrogens is 232 g/mol. The second-order valence-corrected chi connectivity index (χ2v) is 5.25. The van der Waals surface area contributed by atoms with Gasteiger partial charge in [0.1, 0.15) is 12.3 Å². The molecule has 0 aromatic heterocycles. The number of nitrogens with one attached hydrogen (secondary N) is 1. The van der Waals surface area contributed by atoms with E-state index in [-0.39, 0.29) is 11.8 Å². The fraction of sp³-hybridized carbons (Fsp3) is 0.769. The summed E-state index contributed by atoms with van der Waals surface area (Å²) in [6.07, 6.45) is 2.92. The summed E-state index contributed by atoms with van der Waals surface area (Å²) >= 11 is 0. The highest BCUT2D eigenvalue weighted by Crippen LogP contribution is 2.17. The number of hydrogen-bond acceptors (Lipinski definition) is 3. The molecule has 1 aliphatic rings. The minimum atomic E-state index is -0.452. The van der Waals surface area contributed by atoms with Gasteiger partial charge in [-0.3, -0.25) is 9.59 Å². The Hall–Kier alpha value is -1.39. The SMILES string of the molecule is CC(=O)N1CCC[C@H]1C(=O)NC(C=O)CC(C)C. The van der Waals surface area contributed by atoms with Crippen LogP contribution in [0, 0.1) is 5.92 Å². The van der Waals surface area contributed by atoms with Crippen molar-refractivity contribution in [2.45, 2.75) is 52.1 Å². The Labute approximate surface area is 108 Å². The van der Waals surface area contributed by atoms with E-state index < -0.39 is 12.1 Å². The topological polar surface area (TPSA) is 66.5 Å². The van der Waals surface area contributed by atoms with Crippen molar-refractivity contribution in [2.24, 2.45) is 5.92 Å². The normalized spacial score (nSPS) is 20.9. The van der Waals surface area contributed by atoms with E-state index in [1.807, 2.05) is 13.8 Å². The first-order valence-electron chi connectivity index (χ1n) is 6.48. The standard InChI is InChI=1S/C13H22N2O3/c1-9(2)7-11(8-16)14-13(18)12-5-4-6-15(12)10(3)17/h8-9,11-12H,4-7H2,1-3H3,(H,14,18)/t11?,12-/m0/s1. The van der Waals surface area contributed by atoms with Crippen LogP contribution in [-0.4, -0.2) is 41.6 Å². The molecule has 18 heavy (non-hydrogen) atoms. The molecular formula is C13H22N2O3. The fourth-order valence-electron chi connectivity index (χ4n) is 2.35. The summed E-state index contributed by atoms with van der Waals surface area (Å²) in [5, 5.41) is 2.72. The number of hydrogen-bond donors (Lipinski definition) is 1. The Bertz CT molecular complexity index is 328. The first-order chi connectivity index (χ1) is 8.45. The van der Waals surface area contributed by atoms with Gasteiger partial charge in [0.25, 0.3) is 0 Å². The summed E-state index contributed by atoms with van der Waals surface area (Å²) in [6, 6.07) is -0.857. The summed E-state index contributed by atoms with van der Waals surface area (Å²) in [4.78, 5) is 35.9. The van der Waals surface area contributed by atoms with Gasteiger partial charge in [-0.1, -0.05) is 13.8 Å². The highest BCUT2D eigenvalue weighted by molar-refractivity contribution is 5.88. The highest BCUT2D eigenvalue weighted by atomic mass is 16.2. The number of nitrogens with zero attached hydrogens (tertiary/aromatic N) is 1. The van der Waals surface area contributed by atoms with E-state index in [0.29, 0.717) is 25.3 Å². The minimum Gasteiger partial charge on any atom is -0.345 e. The quantitative estimate of drug-likeness (QED) is 0.735. The van der Waals surface area contributed by atoms with E-state index in [1.165, 1.54) is 6.92 Å². The average Bonchev–Trinajstić information content (AvgIpc) is 2.76. The highest BCUT2D eigenvalue weighted by Gasteiger charge is 2.33. The molecule has 0 radical (unpaired) electrons. The molecule has 0 spiro atoms. The molecule has 1 saturated heterocycles. The maximum Gasteiger partial charge on any atom is 0.243 e. The zero-order valence-electron chi connectivity index (χ0n) is 11.3. The molecule has 0 aromatic rings. The first kappa shape index (κ1) is 14.7. The van der Waals surface area contributed by atoms with Crippen molar-refractivity contribution in [1.29, 1.82) is 0 Å². The third-order valence-electron chi connectivity index (χ3n) is 3.18. The summed E-state index contributed by atoms with van der Waals surface area (Å²) in [5.41, 5.74) is 0. The zero-order chi connectivity index (χ0) is 13.7. The number of carbonyl (C=O) groups excluding carboxylic acids is 3. The lowest BCUT2D eigenvalue weighted by molar-refractivity contribution is -0.137. The van der Waals surface area contributed by atoms with Crippen LogP contribution in [0.5, 0.6) is 0 Å². The van der Waals surface area contributed by atoms with E-state index in [9.17, 15) is 14.4 Å². The van der Waals surface area contributed by atoms with Crippen molar-refractivity contribution in [2.75, 3.05) is 6.54 Å². The molecule has 0 saturated carbocycles. The Morgan fingerprint density at radius 2 is 2.11 bits per heavy atom. The van der Waals surface area contributed by atoms with Gasteiger partial charge < -0.3 is 15.0 Å². The largest absolute Gasteiger partial charge is 0.345 e. The van der Waals surface area contributed by atoms with Crippen LogP contribution >= 0.6 is 0 Å². The summed E-state index contributed by atoms with van der Waals surface area (Å²) in [6.45, 7) is 6.10. The van der Waals surface area contributed by atoms with E-state index in [2.05, 4.69) is 5.32 Å². The van der Waals surface area contributed by atoms with Crippen LogP contribution < -0.4 is 5.32 Å². The molecule has 5 nitrogen and oxygen atoms in total. The molecule has 1 heterocycles. The maximum atomic E-state index is 12.0. The zero-order valence-corrected chi connectivity index (χ0v) is 11.3. The van der Waals surface area contributed by atoms with Gasteiger partial charge in [-0.2, -0.15) is 0 Å². The second kappa shape index (κ2) is 6.52. The van der Waals surface area contributed by atoms with Gasteiger partial charge >= 0.3 is 0 Å². The molecule has 1 N–H and O–H groups in total. The van der Waals surface area contributed by atoms with E-state index in [4.69, 9.17) is 0 Å². The van der Waals surface area contributed by atoms with Crippen LogP contribution in [0.25, 0.3) is 0 Å². The minimum absolute atomic E-state index is 0.0841. The van der Waals surface area contributed by atoms with Crippen molar-refractivity contribution in [3.05, 3.63) is 0 Å². The van der Waals surface area contributed by atoms with Gasteiger partial charge in [0.2, 0.25) is 11.8 Å². The Morgan fingerprint density at radius 3 is 2.61 bits per heavy atom. The van der Waals surface area contributed by atoms with Gasteiger partial charge in [0.15, 0.2) is 0 Å². The van der Waals surface area contributed by atoms with Crippen LogP contribution in [0.3, 0.4) is 0 Å². The predicted molar refractivity (Wildman–Crippen MR) is 67.9 cm³/mol. The van der Waals surface area contributed by atoms with Gasteiger partial charge in [-0.05, 0) is 25.2 Å². The Kier molecular flexibility index (Phi) is 5.31. The number of amides is 2. The lowest BCUT2D eigenvalue weighted by atomic mass is 10.0. The molecule has 102 valence electrons. The maximum absolute atomic E-state index is 12.0. The third-order valence-corrected chi connectivity index (χ3v) is 3.18. The molecule has 1 aliphatic heterocycles. The van der Waals surface area contributed by atoms with E-state index in [1.54, 1.807) is 4.90 Å². The molecule has 1 rings (SSSR count). The monoisotopic (exact) mass is 254 g/mol. The molecule has 0 bridgehead atoms. The lowest BCUT2D eigenvalue weighted by Gasteiger charge is -2.24. The number of rotatable bonds is 5. The van der Waals surface area contributed by atoms with E-state index >= 15 is 0 Å². The Balaban J connectivity index is 2.58. The summed E-state index contributed by atoms with van der Waals surface area (Å²) in [5.74, 6) is 0.0487. The number of carbonyl (C=O) groups is 3. The lowest BCUT2D eigenvalue weighted by Crippen LogP contribution is -2.49. The van der Waals surface area contributed by atoms with Crippen molar-refractivity contribution < 1.29 is 14.4 Å². The van der Waals surface area contributed by atoms with Gasteiger partial charge in [0.05, 0.1) is 6.04 Å². The van der Waals surface area contributed by atoms with Crippen molar-refractivity contribution >= 4 is 18.1 Å². The first-order valence-corrected chi connectivity index (χ1v) is 6.48. The van der Waals surface area contributed by atoms with Crippen LogP contribution in [0.4, 0.5) is 0 Å². The van der Waals surface area contributed by atoms with Crippen LogP contribution in [0.1, 0.15) is 40.0 Å². The summed E-state index contributed by atoms with van der Waals surface area (Å²) in [7, 11) is 0. The molecule has 1 unspecified atom stereocenters. The molecule has 0 aliphatic carbocycles. The molecule has 5 heteroatoms. The predicted octanol–water partition coefficient (Wildman–Crippen LogP) is 0.727. The smallest absolute Gasteiger partial charge is 0.243 e. The van der Waals surface area contributed by atoms with Crippen molar-refractivity contribution in [3.8, 4) is 0 Å².